The molecule has 98 valence electrons. The van der Waals surface area contributed by atoms with Crippen molar-refractivity contribution in [2.24, 2.45) is 7.05 Å². The van der Waals surface area contributed by atoms with Crippen LogP contribution in [0.5, 0.6) is 0 Å². The molecule has 1 N–H and O–H groups in total. The van der Waals surface area contributed by atoms with Crippen molar-refractivity contribution in [3.63, 3.8) is 0 Å². The van der Waals surface area contributed by atoms with Gasteiger partial charge in [-0.05, 0) is 31.4 Å². The number of alkyl halides is 3. The maximum atomic E-state index is 12.7. The standard InChI is InChI=1S/C12H14F3N3/c1-8-9(5-10(6-16)18(8)2)7-17-11(3-4-11)12(13,14)15/h5,17H,3-4,7H2,1-2H3. The number of nitrogens with zero attached hydrogens (tertiary/aromatic N) is 2. The Labute approximate surface area is 103 Å². The van der Waals surface area contributed by atoms with Gasteiger partial charge in [0.1, 0.15) is 17.3 Å². The maximum absolute atomic E-state index is 12.7. The molecule has 0 radical (unpaired) electrons. The molecule has 1 saturated carbocycles. The van der Waals surface area contributed by atoms with Gasteiger partial charge in [-0.1, -0.05) is 0 Å². The van der Waals surface area contributed by atoms with Crippen LogP contribution in [0.2, 0.25) is 0 Å². The van der Waals surface area contributed by atoms with Crippen LogP contribution in [-0.2, 0) is 13.6 Å². The molecule has 1 aliphatic carbocycles. The Balaban J connectivity index is 2.11. The van der Waals surface area contributed by atoms with Crippen LogP contribution in [0.4, 0.5) is 13.2 Å². The van der Waals surface area contributed by atoms with Gasteiger partial charge >= 0.3 is 6.18 Å². The third-order valence-electron chi connectivity index (χ3n) is 3.66. The molecular formula is C12H14F3N3. The first-order chi connectivity index (χ1) is 8.31. The van der Waals surface area contributed by atoms with E-state index in [2.05, 4.69) is 5.32 Å². The number of aromatic nitrogens is 1. The lowest BCUT2D eigenvalue weighted by atomic mass is 10.2. The summed E-state index contributed by atoms with van der Waals surface area (Å²) in [5.41, 5.74) is 0.310. The van der Waals surface area contributed by atoms with E-state index >= 15 is 0 Å². The van der Waals surface area contributed by atoms with Crippen LogP contribution in [0.25, 0.3) is 0 Å². The molecule has 1 aromatic rings. The fraction of sp³-hybridized carbons (Fsp3) is 0.583. The highest BCUT2D eigenvalue weighted by Gasteiger charge is 2.62. The molecule has 0 aromatic carbocycles. The van der Waals surface area contributed by atoms with Crippen LogP contribution in [-0.4, -0.2) is 16.3 Å². The Morgan fingerprint density at radius 1 is 1.50 bits per heavy atom. The molecule has 0 atom stereocenters. The summed E-state index contributed by atoms with van der Waals surface area (Å²) in [4.78, 5) is 0. The van der Waals surface area contributed by atoms with Crippen molar-refractivity contribution >= 4 is 0 Å². The fourth-order valence-corrected chi connectivity index (χ4v) is 2.00. The lowest BCUT2D eigenvalue weighted by Crippen LogP contribution is -2.44. The van der Waals surface area contributed by atoms with Crippen molar-refractivity contribution in [2.75, 3.05) is 0 Å². The van der Waals surface area contributed by atoms with E-state index in [1.807, 2.05) is 6.07 Å². The van der Waals surface area contributed by atoms with Gasteiger partial charge in [-0.25, -0.2) is 0 Å². The van der Waals surface area contributed by atoms with Gasteiger partial charge in [0.2, 0.25) is 0 Å². The molecule has 1 heterocycles. The van der Waals surface area contributed by atoms with Gasteiger partial charge in [-0.15, -0.1) is 0 Å². The Morgan fingerprint density at radius 2 is 2.11 bits per heavy atom. The van der Waals surface area contributed by atoms with Crippen LogP contribution in [0.1, 0.15) is 29.8 Å². The minimum absolute atomic E-state index is 0.132. The summed E-state index contributed by atoms with van der Waals surface area (Å²) >= 11 is 0. The van der Waals surface area contributed by atoms with Gasteiger partial charge < -0.3 is 4.57 Å². The molecule has 3 nitrogen and oxygen atoms in total. The summed E-state index contributed by atoms with van der Waals surface area (Å²) in [7, 11) is 1.73. The average molecular weight is 257 g/mol. The van der Waals surface area contributed by atoms with E-state index in [0.717, 1.165) is 11.3 Å². The van der Waals surface area contributed by atoms with E-state index in [1.54, 1.807) is 24.6 Å². The van der Waals surface area contributed by atoms with Crippen LogP contribution in [0.3, 0.4) is 0 Å². The predicted octanol–water partition coefficient (Wildman–Crippen LogP) is 2.39. The largest absolute Gasteiger partial charge is 0.406 e. The summed E-state index contributed by atoms with van der Waals surface area (Å²) in [6.07, 6.45) is -3.94. The third kappa shape index (κ3) is 1.99. The van der Waals surface area contributed by atoms with Crippen molar-refractivity contribution in [1.82, 2.24) is 9.88 Å². The first-order valence-electron chi connectivity index (χ1n) is 5.68. The van der Waals surface area contributed by atoms with Crippen LogP contribution >= 0.6 is 0 Å². The van der Waals surface area contributed by atoms with Gasteiger partial charge in [0.05, 0.1) is 0 Å². The molecule has 18 heavy (non-hydrogen) atoms. The number of rotatable bonds is 3. The number of halogens is 3. The van der Waals surface area contributed by atoms with Crippen molar-refractivity contribution in [2.45, 2.75) is 38.0 Å². The molecule has 1 aliphatic rings. The van der Waals surface area contributed by atoms with Gasteiger partial charge in [0.25, 0.3) is 0 Å². The van der Waals surface area contributed by atoms with Gasteiger partial charge in [0, 0.05) is 19.3 Å². The summed E-state index contributed by atoms with van der Waals surface area (Å²) < 4.78 is 39.9. The van der Waals surface area contributed by atoms with Crippen LogP contribution < -0.4 is 5.32 Å². The molecule has 1 fully saturated rings. The van der Waals surface area contributed by atoms with E-state index in [0.29, 0.717) is 5.69 Å². The maximum Gasteiger partial charge on any atom is 0.406 e. The van der Waals surface area contributed by atoms with Crippen molar-refractivity contribution in [3.8, 4) is 6.07 Å². The van der Waals surface area contributed by atoms with E-state index in [-0.39, 0.29) is 19.4 Å². The molecule has 1 aromatic heterocycles. The number of hydrogen-bond donors (Lipinski definition) is 1. The molecular weight excluding hydrogens is 243 g/mol. The summed E-state index contributed by atoms with van der Waals surface area (Å²) in [5, 5.41) is 11.4. The molecule has 0 bridgehead atoms. The van der Waals surface area contributed by atoms with Crippen LogP contribution in [0.15, 0.2) is 6.07 Å². The van der Waals surface area contributed by atoms with E-state index in [9.17, 15) is 13.2 Å². The highest BCUT2D eigenvalue weighted by molar-refractivity contribution is 5.34. The van der Waals surface area contributed by atoms with Gasteiger partial charge in [0.15, 0.2) is 0 Å². The van der Waals surface area contributed by atoms with Gasteiger partial charge in [-0.2, -0.15) is 18.4 Å². The zero-order valence-electron chi connectivity index (χ0n) is 10.2. The Morgan fingerprint density at radius 3 is 2.50 bits per heavy atom. The number of nitriles is 1. The zero-order chi connectivity index (χ0) is 13.6. The first-order valence-corrected chi connectivity index (χ1v) is 5.68. The Bertz CT molecular complexity index is 504. The van der Waals surface area contributed by atoms with E-state index in [1.165, 1.54) is 0 Å². The molecule has 0 amide bonds. The SMILES string of the molecule is Cc1c(CNC2(C(F)(F)F)CC2)cc(C#N)n1C. The molecule has 0 unspecified atom stereocenters. The molecule has 0 spiro atoms. The van der Waals surface area contributed by atoms with Crippen molar-refractivity contribution in [3.05, 3.63) is 23.0 Å². The molecule has 2 rings (SSSR count). The summed E-state index contributed by atoms with van der Waals surface area (Å²) in [5.74, 6) is 0. The highest BCUT2D eigenvalue weighted by Crippen LogP contribution is 2.49. The fourth-order valence-electron chi connectivity index (χ4n) is 2.00. The second kappa shape index (κ2) is 4.02. The molecule has 0 saturated heterocycles. The molecule has 0 aliphatic heterocycles. The van der Waals surface area contributed by atoms with E-state index in [4.69, 9.17) is 5.26 Å². The second-order valence-electron chi connectivity index (χ2n) is 4.74. The Kier molecular flexibility index (Phi) is 2.90. The number of nitrogens with one attached hydrogen (secondary N) is 1. The lowest BCUT2D eigenvalue weighted by molar-refractivity contribution is -0.166. The Hall–Kier alpha value is -1.48. The van der Waals surface area contributed by atoms with Gasteiger partial charge in [-0.3, -0.25) is 5.32 Å². The highest BCUT2D eigenvalue weighted by atomic mass is 19.4. The third-order valence-corrected chi connectivity index (χ3v) is 3.66. The summed E-state index contributed by atoms with van der Waals surface area (Å²) in [6.45, 7) is 1.94. The second-order valence-corrected chi connectivity index (χ2v) is 4.74. The summed E-state index contributed by atoms with van der Waals surface area (Å²) in [6, 6.07) is 3.65. The lowest BCUT2D eigenvalue weighted by Gasteiger charge is -2.20. The first kappa shape index (κ1) is 13.0. The predicted molar refractivity (Wildman–Crippen MR) is 59.7 cm³/mol. The molecule has 6 heteroatoms. The van der Waals surface area contributed by atoms with Crippen LogP contribution in [0, 0.1) is 18.3 Å². The number of hydrogen-bond acceptors (Lipinski definition) is 2. The monoisotopic (exact) mass is 257 g/mol. The van der Waals surface area contributed by atoms with Crippen molar-refractivity contribution < 1.29 is 13.2 Å². The van der Waals surface area contributed by atoms with E-state index < -0.39 is 11.7 Å². The van der Waals surface area contributed by atoms with Crippen molar-refractivity contribution in [1.29, 1.82) is 5.26 Å². The average Bonchev–Trinajstić information content (AvgIpc) is 3.03. The minimum atomic E-state index is -4.20. The normalized spacial score (nSPS) is 17.6. The minimum Gasteiger partial charge on any atom is -0.340 e. The topological polar surface area (TPSA) is 40.8 Å². The quantitative estimate of drug-likeness (QED) is 0.903. The zero-order valence-corrected chi connectivity index (χ0v) is 10.2. The smallest absolute Gasteiger partial charge is 0.340 e.